The number of amides is 2. The predicted molar refractivity (Wildman–Crippen MR) is 79.2 cm³/mol. The molecule has 1 aromatic carbocycles. The van der Waals surface area contributed by atoms with Gasteiger partial charge in [0.05, 0.1) is 11.1 Å². The Morgan fingerprint density at radius 1 is 1.30 bits per heavy atom. The van der Waals surface area contributed by atoms with Crippen molar-refractivity contribution < 1.29 is 9.59 Å². The second-order valence-corrected chi connectivity index (χ2v) is 5.58. The van der Waals surface area contributed by atoms with Crippen molar-refractivity contribution in [1.29, 1.82) is 0 Å². The molecule has 2 N–H and O–H groups in total. The summed E-state index contributed by atoms with van der Waals surface area (Å²) in [6, 6.07) is 7.26. The molecule has 0 radical (unpaired) electrons. The largest absolute Gasteiger partial charge is 0.324 e. The van der Waals surface area contributed by atoms with Gasteiger partial charge >= 0.3 is 0 Å². The zero-order chi connectivity index (χ0) is 14.9. The summed E-state index contributed by atoms with van der Waals surface area (Å²) in [6.07, 6.45) is 1.69. The van der Waals surface area contributed by atoms with Crippen LogP contribution in [-0.4, -0.2) is 11.8 Å². The zero-order valence-corrected chi connectivity index (χ0v) is 12.3. The van der Waals surface area contributed by atoms with Gasteiger partial charge in [-0.3, -0.25) is 14.5 Å². The van der Waals surface area contributed by atoms with Crippen LogP contribution in [0.15, 0.2) is 24.3 Å². The normalized spacial score (nSPS) is 19.5. The smallest absolute Gasteiger partial charge is 0.240 e. The first-order valence-corrected chi connectivity index (χ1v) is 7.18. The van der Waals surface area contributed by atoms with Gasteiger partial charge in [0.2, 0.25) is 11.8 Å². The number of rotatable bonds is 4. The summed E-state index contributed by atoms with van der Waals surface area (Å²) in [5.74, 6) is -0.185. The number of hydrogen-bond acceptors (Lipinski definition) is 3. The minimum atomic E-state index is -0.526. The fourth-order valence-corrected chi connectivity index (χ4v) is 2.81. The first-order valence-electron chi connectivity index (χ1n) is 7.18. The summed E-state index contributed by atoms with van der Waals surface area (Å²) in [4.78, 5) is 26.3. The third-order valence-electron chi connectivity index (χ3n) is 4.40. The lowest BCUT2D eigenvalue weighted by atomic mass is 9.81. The molecule has 0 bridgehead atoms. The fraction of sp³-hybridized carbons (Fsp3) is 0.500. The van der Waals surface area contributed by atoms with Gasteiger partial charge < -0.3 is 5.73 Å². The van der Waals surface area contributed by atoms with Crippen LogP contribution in [0.4, 0.5) is 5.69 Å². The van der Waals surface area contributed by atoms with Crippen LogP contribution in [0.3, 0.4) is 0 Å². The van der Waals surface area contributed by atoms with Crippen LogP contribution >= 0.6 is 0 Å². The average molecular weight is 274 g/mol. The summed E-state index contributed by atoms with van der Waals surface area (Å²) >= 11 is 0. The summed E-state index contributed by atoms with van der Waals surface area (Å²) < 4.78 is 0. The molecule has 20 heavy (non-hydrogen) atoms. The molecular formula is C16H22N2O2. The van der Waals surface area contributed by atoms with Crippen LogP contribution in [0.1, 0.15) is 51.6 Å². The molecule has 4 nitrogen and oxygen atoms in total. The highest BCUT2D eigenvalue weighted by Gasteiger charge is 2.49. The van der Waals surface area contributed by atoms with Crippen molar-refractivity contribution in [3.05, 3.63) is 29.8 Å². The van der Waals surface area contributed by atoms with Gasteiger partial charge in [-0.2, -0.15) is 0 Å². The SMILES string of the molecule is CCC1(CC)CC(=O)N(c2cccc(C(C)N)c2)C1=O. The molecule has 108 valence electrons. The van der Waals surface area contributed by atoms with Crippen molar-refractivity contribution in [2.45, 2.75) is 46.1 Å². The summed E-state index contributed by atoms with van der Waals surface area (Å²) in [5.41, 5.74) is 6.90. The third-order valence-corrected chi connectivity index (χ3v) is 4.40. The van der Waals surface area contributed by atoms with Gasteiger partial charge in [0, 0.05) is 12.5 Å². The quantitative estimate of drug-likeness (QED) is 0.859. The topological polar surface area (TPSA) is 63.4 Å². The van der Waals surface area contributed by atoms with E-state index in [1.54, 1.807) is 6.07 Å². The Morgan fingerprint density at radius 2 is 1.95 bits per heavy atom. The molecule has 1 saturated heterocycles. The van der Waals surface area contributed by atoms with Crippen LogP contribution in [0.5, 0.6) is 0 Å². The van der Waals surface area contributed by atoms with Crippen molar-refractivity contribution in [3.8, 4) is 0 Å². The van der Waals surface area contributed by atoms with Crippen molar-refractivity contribution >= 4 is 17.5 Å². The van der Waals surface area contributed by atoms with E-state index in [1.807, 2.05) is 39.0 Å². The molecule has 1 atom stereocenters. The third kappa shape index (κ3) is 2.24. The van der Waals surface area contributed by atoms with E-state index in [2.05, 4.69) is 0 Å². The van der Waals surface area contributed by atoms with E-state index in [9.17, 15) is 9.59 Å². The monoisotopic (exact) mass is 274 g/mol. The van der Waals surface area contributed by atoms with Crippen molar-refractivity contribution in [2.75, 3.05) is 4.90 Å². The second kappa shape index (κ2) is 5.37. The van der Waals surface area contributed by atoms with Crippen LogP contribution in [0.25, 0.3) is 0 Å². The maximum atomic E-state index is 12.7. The molecule has 0 aromatic heterocycles. The minimum Gasteiger partial charge on any atom is -0.324 e. The highest BCUT2D eigenvalue weighted by molar-refractivity contribution is 6.22. The van der Waals surface area contributed by atoms with Gasteiger partial charge in [0.1, 0.15) is 0 Å². The Balaban J connectivity index is 2.41. The molecular weight excluding hydrogens is 252 g/mol. The predicted octanol–water partition coefficient (Wildman–Crippen LogP) is 2.78. The number of anilines is 1. The highest BCUT2D eigenvalue weighted by Crippen LogP contribution is 2.41. The van der Waals surface area contributed by atoms with Crippen LogP contribution in [0, 0.1) is 5.41 Å². The van der Waals surface area contributed by atoms with Gasteiger partial charge in [-0.25, -0.2) is 0 Å². The molecule has 1 fully saturated rings. The van der Waals surface area contributed by atoms with Crippen molar-refractivity contribution in [1.82, 2.24) is 0 Å². The molecule has 2 rings (SSSR count). The Labute approximate surface area is 119 Å². The molecule has 1 unspecified atom stereocenters. The van der Waals surface area contributed by atoms with Gasteiger partial charge in [-0.15, -0.1) is 0 Å². The molecule has 0 spiro atoms. The first-order chi connectivity index (χ1) is 9.45. The Morgan fingerprint density at radius 3 is 2.45 bits per heavy atom. The van der Waals surface area contributed by atoms with Gasteiger partial charge in [0.15, 0.2) is 0 Å². The lowest BCUT2D eigenvalue weighted by Crippen LogP contribution is -2.35. The molecule has 1 aliphatic rings. The first kappa shape index (κ1) is 14.7. The van der Waals surface area contributed by atoms with Crippen LogP contribution < -0.4 is 10.6 Å². The lowest BCUT2D eigenvalue weighted by Gasteiger charge is -2.24. The number of hydrogen-bond donors (Lipinski definition) is 1. The molecule has 0 saturated carbocycles. The maximum Gasteiger partial charge on any atom is 0.240 e. The Hall–Kier alpha value is -1.68. The summed E-state index contributed by atoms with van der Waals surface area (Å²) in [7, 11) is 0. The van der Waals surface area contributed by atoms with Gasteiger partial charge in [-0.1, -0.05) is 26.0 Å². The maximum absolute atomic E-state index is 12.7. The molecule has 1 aliphatic heterocycles. The Bertz CT molecular complexity index is 533. The zero-order valence-electron chi connectivity index (χ0n) is 12.3. The van der Waals surface area contributed by atoms with E-state index in [-0.39, 0.29) is 17.9 Å². The summed E-state index contributed by atoms with van der Waals surface area (Å²) in [6.45, 7) is 5.82. The fourth-order valence-electron chi connectivity index (χ4n) is 2.81. The van der Waals surface area contributed by atoms with E-state index < -0.39 is 5.41 Å². The molecule has 4 heteroatoms. The molecule has 0 aliphatic carbocycles. The number of imide groups is 1. The Kier molecular flexibility index (Phi) is 3.95. The number of nitrogens with zero attached hydrogens (tertiary/aromatic N) is 1. The van der Waals surface area contributed by atoms with Crippen molar-refractivity contribution in [3.63, 3.8) is 0 Å². The van der Waals surface area contributed by atoms with E-state index in [1.165, 1.54) is 4.90 Å². The molecule has 1 aromatic rings. The minimum absolute atomic E-state index is 0.0747. The lowest BCUT2D eigenvalue weighted by molar-refractivity contribution is -0.126. The van der Waals surface area contributed by atoms with Crippen LogP contribution in [-0.2, 0) is 9.59 Å². The number of carbonyl (C=O) groups is 2. The van der Waals surface area contributed by atoms with Crippen molar-refractivity contribution in [2.24, 2.45) is 11.1 Å². The molecule has 1 heterocycles. The average Bonchev–Trinajstić information content (AvgIpc) is 2.70. The van der Waals surface area contributed by atoms with E-state index in [0.29, 0.717) is 24.9 Å². The van der Waals surface area contributed by atoms with Crippen LogP contribution in [0.2, 0.25) is 0 Å². The number of benzene rings is 1. The number of carbonyl (C=O) groups excluding carboxylic acids is 2. The van der Waals surface area contributed by atoms with E-state index in [4.69, 9.17) is 5.73 Å². The van der Waals surface area contributed by atoms with Gasteiger partial charge in [-0.05, 0) is 37.5 Å². The summed E-state index contributed by atoms with van der Waals surface area (Å²) in [5, 5.41) is 0. The van der Waals surface area contributed by atoms with E-state index >= 15 is 0 Å². The molecule has 2 amide bonds. The second-order valence-electron chi connectivity index (χ2n) is 5.58. The van der Waals surface area contributed by atoms with Gasteiger partial charge in [0.25, 0.3) is 0 Å². The van der Waals surface area contributed by atoms with E-state index in [0.717, 1.165) is 5.56 Å². The standard InChI is InChI=1S/C16H22N2O2/c1-4-16(5-2)10-14(19)18(15(16)20)13-8-6-7-12(9-13)11(3)17/h6-9,11H,4-5,10,17H2,1-3H3. The number of nitrogens with two attached hydrogens (primary N) is 1. The highest BCUT2D eigenvalue weighted by atomic mass is 16.2.